The fourth-order valence-electron chi connectivity index (χ4n) is 1.63. The Kier molecular flexibility index (Phi) is 8.54. The molecule has 0 aliphatic rings. The molecule has 0 bridgehead atoms. The minimum atomic E-state index is -1.63. The minimum Gasteiger partial charge on any atom is -0.481 e. The van der Waals surface area contributed by atoms with Gasteiger partial charge in [0.2, 0.25) is 11.8 Å². The molecule has 0 rings (SSSR count). The van der Waals surface area contributed by atoms with Crippen molar-refractivity contribution in [1.29, 1.82) is 0 Å². The first kappa shape index (κ1) is 23.1. The van der Waals surface area contributed by atoms with E-state index < -0.39 is 60.0 Å². The van der Waals surface area contributed by atoms with Gasteiger partial charge in [0.25, 0.3) is 0 Å². The van der Waals surface area contributed by atoms with Crippen LogP contribution in [0.4, 0.5) is 4.79 Å². The molecule has 0 saturated carbocycles. The van der Waals surface area contributed by atoms with E-state index in [4.69, 9.17) is 14.9 Å². The lowest BCUT2D eigenvalue weighted by molar-refractivity contribution is -0.147. The van der Waals surface area contributed by atoms with E-state index >= 15 is 0 Å². The first-order valence-electron chi connectivity index (χ1n) is 7.77. The van der Waals surface area contributed by atoms with Crippen LogP contribution in [0, 0.1) is 0 Å². The maximum absolute atomic E-state index is 12.0. The Morgan fingerprint density at radius 1 is 0.885 bits per heavy atom. The molecule has 5 N–H and O–H groups in total. The number of hydrogen-bond acceptors (Lipinski definition) is 6. The normalized spacial score (nSPS) is 14.3. The number of aliphatic carboxylic acids is 2. The molecule has 0 aromatic heterocycles. The van der Waals surface area contributed by atoms with Gasteiger partial charge in [-0.1, -0.05) is 0 Å². The van der Waals surface area contributed by atoms with Crippen LogP contribution in [0.2, 0.25) is 0 Å². The summed E-state index contributed by atoms with van der Waals surface area (Å²) in [6.07, 6.45) is -1.62. The Hall–Kier alpha value is -2.85. The van der Waals surface area contributed by atoms with Gasteiger partial charge in [-0.3, -0.25) is 14.4 Å². The van der Waals surface area contributed by atoms with Gasteiger partial charge >= 0.3 is 18.0 Å². The molecule has 0 aromatic carbocycles. The second kappa shape index (κ2) is 9.59. The first-order chi connectivity index (χ1) is 11.7. The smallest absolute Gasteiger partial charge is 0.408 e. The van der Waals surface area contributed by atoms with Gasteiger partial charge in [0.05, 0.1) is 6.42 Å². The second-order valence-corrected chi connectivity index (χ2v) is 6.60. The largest absolute Gasteiger partial charge is 0.481 e. The van der Waals surface area contributed by atoms with Gasteiger partial charge in [-0.05, 0) is 34.6 Å². The molecule has 26 heavy (non-hydrogen) atoms. The van der Waals surface area contributed by atoms with Crippen molar-refractivity contribution in [2.45, 2.75) is 64.8 Å². The molecule has 148 valence electrons. The third-order valence-electron chi connectivity index (χ3n) is 2.87. The van der Waals surface area contributed by atoms with Crippen LogP contribution in [0.3, 0.4) is 0 Å². The number of ether oxygens (including phenoxy) is 1. The average Bonchev–Trinajstić information content (AvgIpc) is 2.43. The van der Waals surface area contributed by atoms with Crippen molar-refractivity contribution in [3.63, 3.8) is 0 Å². The third-order valence-corrected chi connectivity index (χ3v) is 2.87. The molecule has 3 amide bonds. The van der Waals surface area contributed by atoms with Crippen LogP contribution in [-0.2, 0) is 23.9 Å². The summed E-state index contributed by atoms with van der Waals surface area (Å²) in [7, 11) is 0. The molecule has 11 heteroatoms. The number of carbonyl (C=O) groups is 5. The zero-order valence-corrected chi connectivity index (χ0v) is 15.3. The van der Waals surface area contributed by atoms with Gasteiger partial charge in [0.15, 0.2) is 0 Å². The topological polar surface area (TPSA) is 171 Å². The van der Waals surface area contributed by atoms with Crippen molar-refractivity contribution in [2.75, 3.05) is 0 Å². The van der Waals surface area contributed by atoms with Crippen LogP contribution in [0.15, 0.2) is 0 Å². The van der Waals surface area contributed by atoms with Crippen molar-refractivity contribution < 1.29 is 38.9 Å². The molecular formula is C15H25N3O8. The highest BCUT2D eigenvalue weighted by molar-refractivity contribution is 5.93. The summed E-state index contributed by atoms with van der Waals surface area (Å²) in [5.74, 6) is -4.50. The zero-order chi connectivity index (χ0) is 20.7. The Morgan fingerprint density at radius 2 is 1.35 bits per heavy atom. The predicted molar refractivity (Wildman–Crippen MR) is 88.3 cm³/mol. The van der Waals surface area contributed by atoms with Crippen LogP contribution < -0.4 is 16.0 Å². The van der Waals surface area contributed by atoms with Crippen LogP contribution in [0.5, 0.6) is 0 Å². The summed E-state index contributed by atoms with van der Waals surface area (Å²) in [5.41, 5.74) is -0.747. The Labute approximate surface area is 150 Å². The summed E-state index contributed by atoms with van der Waals surface area (Å²) < 4.78 is 5.00. The van der Waals surface area contributed by atoms with E-state index in [0.29, 0.717) is 0 Å². The highest BCUT2D eigenvalue weighted by Gasteiger charge is 2.27. The number of rotatable bonds is 8. The predicted octanol–water partition coefficient (Wildman–Crippen LogP) is -0.552. The molecule has 11 nitrogen and oxygen atoms in total. The lowest BCUT2D eigenvalue weighted by Crippen LogP contribution is -2.54. The number of amides is 3. The van der Waals surface area contributed by atoms with E-state index in [1.807, 2.05) is 5.32 Å². The van der Waals surface area contributed by atoms with Gasteiger partial charge in [0.1, 0.15) is 23.7 Å². The van der Waals surface area contributed by atoms with Crippen LogP contribution in [-0.4, -0.2) is 63.8 Å². The maximum Gasteiger partial charge on any atom is 0.408 e. The maximum atomic E-state index is 12.0. The fraction of sp³-hybridized carbons (Fsp3) is 0.667. The average molecular weight is 375 g/mol. The van der Waals surface area contributed by atoms with E-state index in [0.717, 1.165) is 0 Å². The molecule has 3 atom stereocenters. The zero-order valence-electron chi connectivity index (χ0n) is 15.3. The highest BCUT2D eigenvalue weighted by atomic mass is 16.6. The third kappa shape index (κ3) is 9.45. The lowest BCUT2D eigenvalue weighted by atomic mass is 10.2. The van der Waals surface area contributed by atoms with Gasteiger partial charge in [-0.25, -0.2) is 9.59 Å². The number of alkyl carbamates (subject to hydrolysis) is 1. The summed E-state index contributed by atoms with van der Waals surface area (Å²) in [4.78, 5) is 57.0. The minimum absolute atomic E-state index is 0.705. The molecule has 0 heterocycles. The molecule has 0 unspecified atom stereocenters. The van der Waals surface area contributed by atoms with Crippen molar-refractivity contribution in [3.05, 3.63) is 0 Å². The van der Waals surface area contributed by atoms with Gasteiger partial charge < -0.3 is 30.9 Å². The van der Waals surface area contributed by atoms with Crippen molar-refractivity contribution in [2.24, 2.45) is 0 Å². The molecule has 0 aliphatic carbocycles. The SMILES string of the molecule is C[C@H](NC(=O)OC(C)(C)C)C(=O)N[C@@H](C)C(=O)N[C@@H](CC(=O)O)C(=O)O. The summed E-state index contributed by atoms with van der Waals surface area (Å²) in [5, 5.41) is 24.1. The number of hydrogen-bond donors (Lipinski definition) is 5. The van der Waals surface area contributed by atoms with Crippen molar-refractivity contribution in [3.8, 4) is 0 Å². The molecule has 0 fully saturated rings. The van der Waals surface area contributed by atoms with Gasteiger partial charge in [0, 0.05) is 0 Å². The van der Waals surface area contributed by atoms with Gasteiger partial charge in [-0.2, -0.15) is 0 Å². The number of carboxylic acids is 2. The Bertz CT molecular complexity index is 570. The summed E-state index contributed by atoms with van der Waals surface area (Å²) in [6.45, 7) is 7.61. The lowest BCUT2D eigenvalue weighted by Gasteiger charge is -2.23. The molecule has 0 aliphatic heterocycles. The number of carboxylic acid groups (broad SMARTS) is 2. The van der Waals surface area contributed by atoms with E-state index in [-0.39, 0.29) is 0 Å². The first-order valence-corrected chi connectivity index (χ1v) is 7.77. The van der Waals surface area contributed by atoms with E-state index in [1.165, 1.54) is 13.8 Å². The number of carbonyl (C=O) groups excluding carboxylic acids is 3. The van der Waals surface area contributed by atoms with Crippen LogP contribution >= 0.6 is 0 Å². The second-order valence-electron chi connectivity index (χ2n) is 6.60. The van der Waals surface area contributed by atoms with Crippen molar-refractivity contribution in [1.82, 2.24) is 16.0 Å². The van der Waals surface area contributed by atoms with E-state index in [9.17, 15) is 24.0 Å². The summed E-state index contributed by atoms with van der Waals surface area (Å²) >= 11 is 0. The molecular weight excluding hydrogens is 350 g/mol. The molecule has 0 saturated heterocycles. The van der Waals surface area contributed by atoms with E-state index in [1.54, 1.807) is 20.8 Å². The summed E-state index contributed by atoms with van der Waals surface area (Å²) in [6, 6.07) is -3.80. The fourth-order valence-corrected chi connectivity index (χ4v) is 1.63. The van der Waals surface area contributed by atoms with Crippen LogP contribution in [0.1, 0.15) is 41.0 Å². The van der Waals surface area contributed by atoms with E-state index in [2.05, 4.69) is 10.6 Å². The number of nitrogens with one attached hydrogen (secondary N) is 3. The van der Waals surface area contributed by atoms with Crippen LogP contribution in [0.25, 0.3) is 0 Å². The standard InChI is InChI=1S/C15H25N3O8/c1-7(12(22)18-9(13(23)24)6-10(19)20)16-11(21)8(2)17-14(25)26-15(3,4)5/h7-9H,6H2,1-5H3,(H,16,21)(H,17,25)(H,18,22)(H,19,20)(H,23,24)/t7-,8-,9-/m0/s1. The quantitative estimate of drug-likeness (QED) is 0.376. The molecule has 0 spiro atoms. The highest BCUT2D eigenvalue weighted by Crippen LogP contribution is 2.06. The van der Waals surface area contributed by atoms with Crippen molar-refractivity contribution >= 4 is 29.8 Å². The molecule has 0 aromatic rings. The van der Waals surface area contributed by atoms with Gasteiger partial charge in [-0.15, -0.1) is 0 Å². The molecule has 0 radical (unpaired) electrons. The Morgan fingerprint density at radius 3 is 1.77 bits per heavy atom. The Balaban J connectivity index is 4.63. The monoisotopic (exact) mass is 375 g/mol.